The van der Waals surface area contributed by atoms with E-state index in [2.05, 4.69) is 24.5 Å². The average molecular weight is 343 g/mol. The molecule has 136 valence electrons. The predicted octanol–water partition coefficient (Wildman–Crippen LogP) is 3.48. The quantitative estimate of drug-likeness (QED) is 0.607. The highest BCUT2D eigenvalue weighted by molar-refractivity contribution is 6.01. The highest BCUT2D eigenvalue weighted by Crippen LogP contribution is 2.24. The summed E-state index contributed by atoms with van der Waals surface area (Å²) in [6.45, 7) is 10.4. The summed E-state index contributed by atoms with van der Waals surface area (Å²) >= 11 is 0. The fourth-order valence-electron chi connectivity index (χ4n) is 3.78. The number of hydrogen-bond acceptors (Lipinski definition) is 3. The van der Waals surface area contributed by atoms with Gasteiger partial charge in [-0.1, -0.05) is 6.92 Å². The molecule has 1 amide bonds. The van der Waals surface area contributed by atoms with Gasteiger partial charge in [-0.05, 0) is 57.2 Å². The van der Waals surface area contributed by atoms with E-state index in [1.165, 1.54) is 0 Å². The van der Waals surface area contributed by atoms with Crippen LogP contribution in [-0.4, -0.2) is 42.2 Å². The number of aromatic nitrogens is 1. The van der Waals surface area contributed by atoms with Crippen LogP contribution in [0, 0.1) is 31.1 Å². The van der Waals surface area contributed by atoms with Crippen molar-refractivity contribution < 1.29 is 9.53 Å². The minimum absolute atomic E-state index is 0.149. The summed E-state index contributed by atoms with van der Waals surface area (Å²) in [5.41, 5.74) is 3.29. The van der Waals surface area contributed by atoms with E-state index in [1.807, 2.05) is 24.8 Å². The first-order chi connectivity index (χ1) is 11.9. The Bertz CT molecular complexity index is 697. The largest absolute Gasteiger partial charge is 0.383 e. The number of nitrogens with zero attached hydrogens (tertiary/aromatic N) is 3. The first-order valence-electron chi connectivity index (χ1n) is 8.97. The molecule has 1 fully saturated rings. The van der Waals surface area contributed by atoms with Crippen LogP contribution in [0.5, 0.6) is 0 Å². The minimum Gasteiger partial charge on any atom is -0.383 e. The third kappa shape index (κ3) is 4.32. The van der Waals surface area contributed by atoms with Crippen LogP contribution in [0.1, 0.15) is 49.7 Å². The Morgan fingerprint density at radius 2 is 2.24 bits per heavy atom. The third-order valence-electron chi connectivity index (χ3n) is 4.97. The monoisotopic (exact) mass is 343 g/mol. The minimum atomic E-state index is -0.149. The second kappa shape index (κ2) is 8.35. The standard InChI is InChI=1S/C20H29N3O2/c1-14-7-6-8-22(12-14)20(24)19(11-21)10-18-9-15(2)23(17(18)4)16(3)13-25-5/h9-10,14,16H,6-8,12-13H2,1-5H3/b19-10+. The lowest BCUT2D eigenvalue weighted by Gasteiger charge is -2.30. The van der Waals surface area contributed by atoms with E-state index in [4.69, 9.17) is 4.74 Å². The number of likely N-dealkylation sites (tertiary alicyclic amines) is 1. The van der Waals surface area contributed by atoms with Crippen LogP contribution in [0.3, 0.4) is 0 Å². The van der Waals surface area contributed by atoms with E-state index in [1.54, 1.807) is 13.2 Å². The first kappa shape index (κ1) is 19.3. The molecule has 0 aliphatic carbocycles. The molecule has 0 aromatic carbocycles. The molecule has 0 bridgehead atoms. The lowest BCUT2D eigenvalue weighted by atomic mass is 9.99. The SMILES string of the molecule is COCC(C)n1c(C)cc(/C=C(\C#N)C(=O)N2CCCC(C)C2)c1C. The summed E-state index contributed by atoms with van der Waals surface area (Å²) in [5.74, 6) is 0.349. The molecule has 5 nitrogen and oxygen atoms in total. The molecular weight excluding hydrogens is 314 g/mol. The summed E-state index contributed by atoms with van der Waals surface area (Å²) in [5, 5.41) is 9.52. The number of piperidine rings is 1. The Kier molecular flexibility index (Phi) is 6.44. The van der Waals surface area contributed by atoms with E-state index in [9.17, 15) is 10.1 Å². The lowest BCUT2D eigenvalue weighted by Crippen LogP contribution is -2.39. The zero-order valence-electron chi connectivity index (χ0n) is 16.0. The number of methoxy groups -OCH3 is 1. The molecule has 25 heavy (non-hydrogen) atoms. The van der Waals surface area contributed by atoms with Crippen molar-refractivity contribution in [3.8, 4) is 6.07 Å². The van der Waals surface area contributed by atoms with Gasteiger partial charge in [0, 0.05) is 31.6 Å². The highest BCUT2D eigenvalue weighted by atomic mass is 16.5. The van der Waals surface area contributed by atoms with Crippen molar-refractivity contribution in [2.75, 3.05) is 26.8 Å². The van der Waals surface area contributed by atoms with Gasteiger partial charge in [-0.15, -0.1) is 0 Å². The maximum atomic E-state index is 12.7. The van der Waals surface area contributed by atoms with Gasteiger partial charge in [0.1, 0.15) is 11.6 Å². The van der Waals surface area contributed by atoms with Gasteiger partial charge in [0.05, 0.1) is 12.6 Å². The Balaban J connectivity index is 2.29. The molecule has 2 unspecified atom stereocenters. The van der Waals surface area contributed by atoms with E-state index >= 15 is 0 Å². The molecule has 0 spiro atoms. The van der Waals surface area contributed by atoms with Gasteiger partial charge in [0.2, 0.25) is 0 Å². The third-order valence-corrected chi connectivity index (χ3v) is 4.97. The average Bonchev–Trinajstić information content (AvgIpc) is 2.86. The maximum absolute atomic E-state index is 12.7. The van der Waals surface area contributed by atoms with Gasteiger partial charge < -0.3 is 14.2 Å². The molecule has 0 saturated carbocycles. The van der Waals surface area contributed by atoms with Crippen LogP contribution in [0.2, 0.25) is 0 Å². The summed E-state index contributed by atoms with van der Waals surface area (Å²) < 4.78 is 7.45. The molecule has 0 N–H and O–H groups in total. The summed E-state index contributed by atoms with van der Waals surface area (Å²) in [7, 11) is 1.69. The summed E-state index contributed by atoms with van der Waals surface area (Å²) in [6, 6.07) is 4.35. The van der Waals surface area contributed by atoms with E-state index < -0.39 is 0 Å². The second-order valence-corrected chi connectivity index (χ2v) is 7.17. The van der Waals surface area contributed by atoms with Crippen LogP contribution in [0.4, 0.5) is 0 Å². The van der Waals surface area contributed by atoms with E-state index in [0.29, 0.717) is 12.5 Å². The lowest BCUT2D eigenvalue weighted by molar-refractivity contribution is -0.128. The Morgan fingerprint density at radius 3 is 2.84 bits per heavy atom. The van der Waals surface area contributed by atoms with Crippen LogP contribution in [0.25, 0.3) is 6.08 Å². The molecule has 1 aromatic heterocycles. The number of nitriles is 1. The Morgan fingerprint density at radius 1 is 1.52 bits per heavy atom. The molecule has 1 aliphatic heterocycles. The summed E-state index contributed by atoms with van der Waals surface area (Å²) in [6.07, 6.45) is 3.89. The van der Waals surface area contributed by atoms with Gasteiger partial charge in [0.25, 0.3) is 5.91 Å². The molecule has 2 atom stereocenters. The van der Waals surface area contributed by atoms with Crippen LogP contribution < -0.4 is 0 Å². The summed E-state index contributed by atoms with van der Waals surface area (Å²) in [4.78, 5) is 14.5. The molecule has 1 aliphatic rings. The van der Waals surface area contributed by atoms with Crippen molar-refractivity contribution in [1.29, 1.82) is 5.26 Å². The van der Waals surface area contributed by atoms with Crippen LogP contribution >= 0.6 is 0 Å². The number of hydrogen-bond donors (Lipinski definition) is 0. The van der Waals surface area contributed by atoms with Gasteiger partial charge in [0.15, 0.2) is 0 Å². The van der Waals surface area contributed by atoms with Crippen molar-refractivity contribution in [3.63, 3.8) is 0 Å². The Labute approximate surface area is 150 Å². The van der Waals surface area contributed by atoms with E-state index in [-0.39, 0.29) is 17.5 Å². The smallest absolute Gasteiger partial charge is 0.264 e. The van der Waals surface area contributed by atoms with Gasteiger partial charge in [-0.2, -0.15) is 5.26 Å². The van der Waals surface area contributed by atoms with E-state index in [0.717, 1.165) is 42.9 Å². The molecule has 2 rings (SSSR count). The number of ether oxygens (including phenoxy) is 1. The molecule has 1 aromatic rings. The zero-order valence-corrected chi connectivity index (χ0v) is 16.0. The number of amides is 1. The first-order valence-corrected chi connectivity index (χ1v) is 8.97. The fourth-order valence-corrected chi connectivity index (χ4v) is 3.78. The van der Waals surface area contributed by atoms with Gasteiger partial charge in [-0.25, -0.2) is 0 Å². The van der Waals surface area contributed by atoms with Crippen LogP contribution in [-0.2, 0) is 9.53 Å². The van der Waals surface area contributed by atoms with Gasteiger partial charge >= 0.3 is 0 Å². The molecule has 2 heterocycles. The zero-order chi connectivity index (χ0) is 18.6. The van der Waals surface area contributed by atoms with Crippen molar-refractivity contribution in [2.45, 2.75) is 46.6 Å². The number of rotatable bonds is 5. The second-order valence-electron chi connectivity index (χ2n) is 7.17. The molecule has 0 radical (unpaired) electrons. The molecular formula is C20H29N3O2. The number of carbonyl (C=O) groups excluding carboxylic acids is 1. The van der Waals surface area contributed by atoms with Crippen LogP contribution in [0.15, 0.2) is 11.6 Å². The van der Waals surface area contributed by atoms with Crippen molar-refractivity contribution in [2.24, 2.45) is 5.92 Å². The molecule has 5 heteroatoms. The maximum Gasteiger partial charge on any atom is 0.264 e. The predicted molar refractivity (Wildman–Crippen MR) is 99.1 cm³/mol. The fraction of sp³-hybridized carbons (Fsp3) is 0.600. The normalized spacial score (nSPS) is 19.6. The van der Waals surface area contributed by atoms with Crippen molar-refractivity contribution >= 4 is 12.0 Å². The van der Waals surface area contributed by atoms with Crippen molar-refractivity contribution in [3.05, 3.63) is 28.6 Å². The highest BCUT2D eigenvalue weighted by Gasteiger charge is 2.24. The Hall–Kier alpha value is -2.06. The van der Waals surface area contributed by atoms with Crippen molar-refractivity contribution in [1.82, 2.24) is 9.47 Å². The number of aryl methyl sites for hydroxylation is 1. The topological polar surface area (TPSA) is 58.3 Å². The van der Waals surface area contributed by atoms with Gasteiger partial charge in [-0.3, -0.25) is 4.79 Å². The molecule has 1 saturated heterocycles. The number of carbonyl (C=O) groups is 1.